The molecule has 0 radical (unpaired) electrons. The van der Waals surface area contributed by atoms with Gasteiger partial charge in [-0.25, -0.2) is 15.0 Å². The van der Waals surface area contributed by atoms with Crippen LogP contribution < -0.4 is 0 Å². The highest BCUT2D eigenvalue weighted by atomic mass is 15.1. The minimum absolute atomic E-state index is 0.612. The number of fused-ring (bicyclic) bond motifs is 6. The van der Waals surface area contributed by atoms with E-state index in [-0.39, 0.29) is 0 Å². The third-order valence-electron chi connectivity index (χ3n) is 10.8. The Kier molecular flexibility index (Phi) is 7.42. The van der Waals surface area contributed by atoms with Crippen molar-refractivity contribution in [2.24, 2.45) is 0 Å². The van der Waals surface area contributed by atoms with Crippen molar-refractivity contribution in [1.82, 2.24) is 24.1 Å². The molecule has 11 aromatic rings. The number of rotatable bonds is 6. The standard InChI is InChI=1S/C51H33N5/c1-3-15-34(16-4-1)35-27-29-37(30-28-35)50-52-49(36-17-5-2-6-18-36)53-51(54-50)43-22-10-14-26-47(43)56-46-25-13-9-21-41(46)42-32-31-38(33-48(42)56)55-44-23-11-7-19-39(44)40-20-8-12-24-45(40)55/h1-33H. The van der Waals surface area contributed by atoms with Crippen molar-refractivity contribution < 1.29 is 0 Å². The monoisotopic (exact) mass is 715 g/mol. The molecule has 0 fully saturated rings. The molecule has 0 spiro atoms. The summed E-state index contributed by atoms with van der Waals surface area (Å²) in [5.74, 6) is 1.86. The Balaban J connectivity index is 1.13. The van der Waals surface area contributed by atoms with Crippen LogP contribution in [0.4, 0.5) is 0 Å². The zero-order valence-corrected chi connectivity index (χ0v) is 30.3. The summed E-state index contributed by atoms with van der Waals surface area (Å²) in [7, 11) is 0. The maximum absolute atomic E-state index is 5.22. The van der Waals surface area contributed by atoms with Crippen LogP contribution in [0.3, 0.4) is 0 Å². The highest BCUT2D eigenvalue weighted by molar-refractivity contribution is 6.12. The molecule has 3 aromatic heterocycles. The van der Waals surface area contributed by atoms with Crippen LogP contribution in [0.5, 0.6) is 0 Å². The Bertz CT molecular complexity index is 3180. The number of hydrogen-bond acceptors (Lipinski definition) is 3. The molecule has 0 aliphatic heterocycles. The lowest BCUT2D eigenvalue weighted by Gasteiger charge is -2.15. The molecule has 0 bridgehead atoms. The van der Waals surface area contributed by atoms with Crippen molar-refractivity contribution >= 4 is 43.6 Å². The van der Waals surface area contributed by atoms with Crippen LogP contribution in [0, 0.1) is 0 Å². The molecule has 0 amide bonds. The van der Waals surface area contributed by atoms with Crippen molar-refractivity contribution in [3.05, 3.63) is 200 Å². The predicted molar refractivity (Wildman–Crippen MR) is 230 cm³/mol. The Morgan fingerprint density at radius 2 is 0.714 bits per heavy atom. The van der Waals surface area contributed by atoms with E-state index >= 15 is 0 Å². The van der Waals surface area contributed by atoms with Crippen LogP contribution in [-0.4, -0.2) is 24.1 Å². The van der Waals surface area contributed by atoms with E-state index < -0.39 is 0 Å². The first-order valence-electron chi connectivity index (χ1n) is 18.9. The van der Waals surface area contributed by atoms with Gasteiger partial charge in [-0.15, -0.1) is 0 Å². The normalized spacial score (nSPS) is 11.6. The van der Waals surface area contributed by atoms with Gasteiger partial charge in [0.1, 0.15) is 0 Å². The first-order chi connectivity index (χ1) is 27.8. The predicted octanol–water partition coefficient (Wildman–Crippen LogP) is 12.7. The summed E-state index contributed by atoms with van der Waals surface area (Å²) in [6, 6.07) is 70.3. The Morgan fingerprint density at radius 3 is 1.34 bits per heavy atom. The van der Waals surface area contributed by atoms with E-state index in [1.54, 1.807) is 0 Å². The molecular formula is C51H33N5. The SMILES string of the molecule is c1ccc(-c2ccc(-c3nc(-c4ccccc4)nc(-c4ccccc4-n4c5ccccc5c5ccc(-n6c7ccccc7c7ccccc76)cc54)n3)cc2)cc1. The number of aromatic nitrogens is 5. The molecule has 11 rings (SSSR count). The van der Waals surface area contributed by atoms with Gasteiger partial charge in [0.2, 0.25) is 0 Å². The second-order valence-electron chi connectivity index (χ2n) is 14.1. The Labute approximate surface area is 323 Å². The van der Waals surface area contributed by atoms with Crippen LogP contribution in [0.15, 0.2) is 200 Å². The molecular weight excluding hydrogens is 683 g/mol. The summed E-state index contributed by atoms with van der Waals surface area (Å²) >= 11 is 0. The van der Waals surface area contributed by atoms with Gasteiger partial charge in [-0.1, -0.05) is 158 Å². The van der Waals surface area contributed by atoms with Gasteiger partial charge in [0.25, 0.3) is 0 Å². The first-order valence-corrected chi connectivity index (χ1v) is 18.9. The van der Waals surface area contributed by atoms with Crippen molar-refractivity contribution in [3.63, 3.8) is 0 Å². The van der Waals surface area contributed by atoms with Crippen LogP contribution in [-0.2, 0) is 0 Å². The quantitative estimate of drug-likeness (QED) is 0.172. The van der Waals surface area contributed by atoms with E-state index in [2.05, 4.69) is 185 Å². The lowest BCUT2D eigenvalue weighted by atomic mass is 10.0. The number of benzene rings is 8. The van der Waals surface area contributed by atoms with Crippen LogP contribution in [0.25, 0.3) is 100 Å². The molecule has 5 heteroatoms. The Morgan fingerprint density at radius 1 is 0.286 bits per heavy atom. The summed E-state index contributed by atoms with van der Waals surface area (Å²) in [5, 5.41) is 4.85. The fraction of sp³-hybridized carbons (Fsp3) is 0. The first kappa shape index (κ1) is 31.9. The van der Waals surface area contributed by atoms with E-state index in [4.69, 9.17) is 15.0 Å². The van der Waals surface area contributed by atoms with Crippen molar-refractivity contribution in [1.29, 1.82) is 0 Å². The average molecular weight is 716 g/mol. The van der Waals surface area contributed by atoms with E-state index in [0.29, 0.717) is 17.5 Å². The fourth-order valence-electron chi connectivity index (χ4n) is 8.20. The highest BCUT2D eigenvalue weighted by Gasteiger charge is 2.20. The third kappa shape index (κ3) is 5.21. The van der Waals surface area contributed by atoms with Crippen molar-refractivity contribution in [3.8, 4) is 56.7 Å². The van der Waals surface area contributed by atoms with E-state index in [0.717, 1.165) is 44.7 Å². The van der Waals surface area contributed by atoms with Crippen molar-refractivity contribution in [2.75, 3.05) is 0 Å². The smallest absolute Gasteiger partial charge is 0.166 e. The molecule has 0 unspecified atom stereocenters. The number of hydrogen-bond donors (Lipinski definition) is 0. The van der Waals surface area contributed by atoms with Crippen LogP contribution in [0.2, 0.25) is 0 Å². The largest absolute Gasteiger partial charge is 0.309 e. The van der Waals surface area contributed by atoms with E-state index in [1.165, 1.54) is 38.1 Å². The summed E-state index contributed by atoms with van der Waals surface area (Å²) in [6.07, 6.45) is 0. The highest BCUT2D eigenvalue weighted by Crippen LogP contribution is 2.39. The summed E-state index contributed by atoms with van der Waals surface area (Å²) in [6.45, 7) is 0. The lowest BCUT2D eigenvalue weighted by Crippen LogP contribution is -2.03. The molecule has 3 heterocycles. The lowest BCUT2D eigenvalue weighted by molar-refractivity contribution is 1.06. The molecule has 0 saturated carbocycles. The minimum atomic E-state index is 0.612. The Hall–Kier alpha value is -7.63. The van der Waals surface area contributed by atoms with E-state index in [9.17, 15) is 0 Å². The van der Waals surface area contributed by atoms with Gasteiger partial charge in [-0.05, 0) is 53.6 Å². The molecule has 0 atom stereocenters. The molecule has 0 saturated heterocycles. The van der Waals surface area contributed by atoms with Gasteiger partial charge in [-0.2, -0.15) is 0 Å². The topological polar surface area (TPSA) is 48.5 Å². The van der Waals surface area contributed by atoms with E-state index in [1.807, 2.05) is 24.3 Å². The van der Waals surface area contributed by atoms with Crippen LogP contribution in [0.1, 0.15) is 0 Å². The third-order valence-corrected chi connectivity index (χ3v) is 10.8. The zero-order chi connectivity index (χ0) is 37.0. The van der Waals surface area contributed by atoms with Gasteiger partial charge in [0, 0.05) is 43.9 Å². The summed E-state index contributed by atoms with van der Waals surface area (Å²) in [4.78, 5) is 15.5. The average Bonchev–Trinajstić information content (AvgIpc) is 3.79. The van der Waals surface area contributed by atoms with Gasteiger partial charge in [-0.3, -0.25) is 0 Å². The van der Waals surface area contributed by atoms with Crippen LogP contribution >= 0.6 is 0 Å². The maximum atomic E-state index is 5.22. The molecule has 5 nitrogen and oxygen atoms in total. The zero-order valence-electron chi connectivity index (χ0n) is 30.3. The van der Waals surface area contributed by atoms with Crippen molar-refractivity contribution in [2.45, 2.75) is 0 Å². The minimum Gasteiger partial charge on any atom is -0.309 e. The molecule has 262 valence electrons. The second-order valence-corrected chi connectivity index (χ2v) is 14.1. The van der Waals surface area contributed by atoms with Gasteiger partial charge in [0.15, 0.2) is 17.5 Å². The maximum Gasteiger partial charge on any atom is 0.166 e. The number of para-hydroxylation sites is 4. The number of nitrogens with zero attached hydrogens (tertiary/aromatic N) is 5. The molecule has 0 N–H and O–H groups in total. The second kappa shape index (κ2) is 13.0. The summed E-state index contributed by atoms with van der Waals surface area (Å²) < 4.78 is 4.75. The molecule has 8 aromatic carbocycles. The molecule has 0 aliphatic carbocycles. The van der Waals surface area contributed by atoms with Gasteiger partial charge < -0.3 is 9.13 Å². The molecule has 56 heavy (non-hydrogen) atoms. The molecule has 0 aliphatic rings. The van der Waals surface area contributed by atoms with Gasteiger partial charge >= 0.3 is 0 Å². The fourth-order valence-corrected chi connectivity index (χ4v) is 8.20. The summed E-state index contributed by atoms with van der Waals surface area (Å²) in [5.41, 5.74) is 11.8. The van der Waals surface area contributed by atoms with Gasteiger partial charge in [0.05, 0.1) is 27.8 Å².